The minimum atomic E-state index is -5.24. The topological polar surface area (TPSA) is 44.8 Å². The van der Waals surface area contributed by atoms with Crippen molar-refractivity contribution < 1.29 is 45.3 Å². The number of alkyl halides is 3. The number of ether oxygens (including phenoxy) is 3. The van der Waals surface area contributed by atoms with E-state index in [1.807, 2.05) is 0 Å². The number of carbonyl (C=O) groups excluding carboxylic acids is 1. The summed E-state index contributed by atoms with van der Waals surface area (Å²) in [6, 6.07) is 0. The number of rotatable bonds is 3. The van der Waals surface area contributed by atoms with Gasteiger partial charge in [-0.15, -0.1) is 0 Å². The SMILES string of the molecule is O=C1OCC(OCC(F)=C(F)F)(C(F)(F)F)O1. The molecule has 0 amide bonds. The van der Waals surface area contributed by atoms with Crippen LogP contribution < -0.4 is 0 Å². The van der Waals surface area contributed by atoms with Crippen molar-refractivity contribution in [2.45, 2.75) is 12.0 Å². The molecule has 1 saturated heterocycles. The maximum absolute atomic E-state index is 12.4. The van der Waals surface area contributed by atoms with Gasteiger partial charge in [0.2, 0.25) is 0 Å². The molecular weight excluding hydrogens is 262 g/mol. The Morgan fingerprint density at radius 3 is 2.29 bits per heavy atom. The van der Waals surface area contributed by atoms with Crippen molar-refractivity contribution in [1.82, 2.24) is 0 Å². The van der Waals surface area contributed by atoms with E-state index in [2.05, 4.69) is 14.2 Å². The molecule has 0 bridgehead atoms. The molecule has 0 saturated carbocycles. The third-order valence-corrected chi connectivity index (χ3v) is 1.70. The molecule has 1 atom stereocenters. The van der Waals surface area contributed by atoms with Gasteiger partial charge in [0, 0.05) is 0 Å². The van der Waals surface area contributed by atoms with Crippen LogP contribution in [0.25, 0.3) is 0 Å². The van der Waals surface area contributed by atoms with E-state index >= 15 is 0 Å². The van der Waals surface area contributed by atoms with Crippen molar-refractivity contribution in [3.8, 4) is 0 Å². The maximum Gasteiger partial charge on any atom is 0.511 e. The molecule has 98 valence electrons. The Kier molecular flexibility index (Phi) is 3.55. The van der Waals surface area contributed by atoms with Crippen LogP contribution in [0.1, 0.15) is 0 Å². The second-order valence-corrected chi connectivity index (χ2v) is 2.85. The first-order chi connectivity index (χ1) is 7.68. The Bertz CT molecular complexity index is 347. The Morgan fingerprint density at radius 2 is 1.94 bits per heavy atom. The summed E-state index contributed by atoms with van der Waals surface area (Å²) in [5, 5.41) is 0. The third-order valence-electron chi connectivity index (χ3n) is 1.70. The lowest BCUT2D eigenvalue weighted by molar-refractivity contribution is -0.348. The molecule has 0 aromatic heterocycles. The monoisotopic (exact) mass is 266 g/mol. The van der Waals surface area contributed by atoms with Crippen molar-refractivity contribution in [3.63, 3.8) is 0 Å². The van der Waals surface area contributed by atoms with E-state index in [1.54, 1.807) is 0 Å². The summed E-state index contributed by atoms with van der Waals surface area (Å²) in [5.41, 5.74) is 0. The molecule has 0 aliphatic carbocycles. The second-order valence-electron chi connectivity index (χ2n) is 2.85. The number of hydrogen-bond acceptors (Lipinski definition) is 4. The van der Waals surface area contributed by atoms with Crippen molar-refractivity contribution >= 4 is 6.16 Å². The molecule has 1 rings (SSSR count). The van der Waals surface area contributed by atoms with E-state index < -0.39 is 43.2 Å². The lowest BCUT2D eigenvalue weighted by Crippen LogP contribution is -2.50. The fraction of sp³-hybridized carbons (Fsp3) is 0.571. The standard InChI is InChI=1S/C7H4F6O4/c8-3(4(9)10)1-16-6(7(11,12)13)2-15-5(14)17-6/h1-2H2. The molecule has 1 aliphatic rings. The predicted molar refractivity (Wildman–Crippen MR) is 37.5 cm³/mol. The molecule has 1 heterocycles. The Balaban J connectivity index is 2.81. The van der Waals surface area contributed by atoms with Crippen LogP contribution in [0, 0.1) is 0 Å². The molecule has 1 unspecified atom stereocenters. The Labute approximate surface area is 89.7 Å². The molecular formula is C7H4F6O4. The average Bonchev–Trinajstić information content (AvgIpc) is 2.56. The van der Waals surface area contributed by atoms with E-state index in [1.165, 1.54) is 0 Å². The molecule has 4 nitrogen and oxygen atoms in total. The molecule has 1 aliphatic heterocycles. The molecule has 0 aromatic rings. The van der Waals surface area contributed by atoms with Gasteiger partial charge in [0.15, 0.2) is 12.4 Å². The summed E-state index contributed by atoms with van der Waals surface area (Å²) in [4.78, 5) is 10.4. The van der Waals surface area contributed by atoms with Crippen LogP contribution in [0.2, 0.25) is 0 Å². The van der Waals surface area contributed by atoms with Crippen LogP contribution in [-0.4, -0.2) is 31.3 Å². The van der Waals surface area contributed by atoms with Gasteiger partial charge in [-0.3, -0.25) is 0 Å². The van der Waals surface area contributed by atoms with Crippen molar-refractivity contribution in [2.75, 3.05) is 13.2 Å². The minimum Gasteiger partial charge on any atom is -0.427 e. The largest absolute Gasteiger partial charge is 0.511 e. The number of carbonyl (C=O) groups is 1. The number of cyclic esters (lactones) is 2. The Morgan fingerprint density at radius 1 is 1.35 bits per heavy atom. The summed E-state index contributed by atoms with van der Waals surface area (Å²) < 4.78 is 84.2. The zero-order chi connectivity index (χ0) is 13.3. The first kappa shape index (κ1) is 13.6. The summed E-state index contributed by atoms with van der Waals surface area (Å²) in [7, 11) is 0. The smallest absolute Gasteiger partial charge is 0.427 e. The van der Waals surface area contributed by atoms with Gasteiger partial charge in [0.05, 0.1) is 0 Å². The fourth-order valence-electron chi connectivity index (χ4n) is 0.875. The molecule has 17 heavy (non-hydrogen) atoms. The normalized spacial score (nSPS) is 24.2. The molecule has 1 fully saturated rings. The summed E-state index contributed by atoms with van der Waals surface area (Å²) in [6.45, 7) is -3.09. The van der Waals surface area contributed by atoms with Gasteiger partial charge in [-0.2, -0.15) is 22.0 Å². The molecule has 0 N–H and O–H groups in total. The lowest BCUT2D eigenvalue weighted by Gasteiger charge is -2.26. The van der Waals surface area contributed by atoms with Crippen molar-refractivity contribution in [2.24, 2.45) is 0 Å². The zero-order valence-electron chi connectivity index (χ0n) is 7.81. The van der Waals surface area contributed by atoms with Gasteiger partial charge in [-0.25, -0.2) is 9.18 Å². The average molecular weight is 266 g/mol. The van der Waals surface area contributed by atoms with E-state index in [0.717, 1.165) is 0 Å². The molecule has 0 aromatic carbocycles. The number of halogens is 6. The highest BCUT2D eigenvalue weighted by Crippen LogP contribution is 2.39. The molecule has 10 heteroatoms. The van der Waals surface area contributed by atoms with Gasteiger partial charge in [-0.05, 0) is 0 Å². The highest BCUT2D eigenvalue weighted by Gasteiger charge is 2.65. The van der Waals surface area contributed by atoms with Crippen LogP contribution in [-0.2, 0) is 14.2 Å². The predicted octanol–water partition coefficient (Wildman–Crippen LogP) is 2.51. The summed E-state index contributed by atoms with van der Waals surface area (Å²) in [6.07, 6.45) is -9.76. The highest BCUT2D eigenvalue weighted by atomic mass is 19.4. The van der Waals surface area contributed by atoms with Crippen molar-refractivity contribution in [3.05, 3.63) is 11.9 Å². The van der Waals surface area contributed by atoms with Gasteiger partial charge in [-0.1, -0.05) is 0 Å². The first-order valence-corrected chi connectivity index (χ1v) is 3.94. The van der Waals surface area contributed by atoms with Crippen LogP contribution >= 0.6 is 0 Å². The van der Waals surface area contributed by atoms with E-state index in [-0.39, 0.29) is 0 Å². The van der Waals surface area contributed by atoms with Crippen LogP contribution in [0.4, 0.5) is 31.1 Å². The van der Waals surface area contributed by atoms with Crippen LogP contribution in [0.15, 0.2) is 11.9 Å². The Hall–Kier alpha value is -1.45. The number of hydrogen-bond donors (Lipinski definition) is 0. The summed E-state index contributed by atoms with van der Waals surface area (Å²) >= 11 is 0. The van der Waals surface area contributed by atoms with E-state index in [9.17, 15) is 31.1 Å². The van der Waals surface area contributed by atoms with Gasteiger partial charge >= 0.3 is 24.2 Å². The second kappa shape index (κ2) is 4.43. The van der Waals surface area contributed by atoms with Gasteiger partial charge in [0.1, 0.15) is 6.61 Å². The maximum atomic E-state index is 12.4. The zero-order valence-corrected chi connectivity index (χ0v) is 7.81. The summed E-state index contributed by atoms with van der Waals surface area (Å²) in [5.74, 6) is -5.76. The minimum absolute atomic E-state index is 1.39. The van der Waals surface area contributed by atoms with Crippen molar-refractivity contribution in [1.29, 1.82) is 0 Å². The van der Waals surface area contributed by atoms with Gasteiger partial charge in [0.25, 0.3) is 0 Å². The van der Waals surface area contributed by atoms with Crippen LogP contribution in [0.5, 0.6) is 0 Å². The first-order valence-electron chi connectivity index (χ1n) is 3.94. The quantitative estimate of drug-likeness (QED) is 0.581. The van der Waals surface area contributed by atoms with E-state index in [0.29, 0.717) is 0 Å². The van der Waals surface area contributed by atoms with Crippen LogP contribution in [0.3, 0.4) is 0 Å². The third kappa shape index (κ3) is 2.81. The molecule has 0 radical (unpaired) electrons. The molecule has 0 spiro atoms. The fourth-order valence-corrected chi connectivity index (χ4v) is 0.875. The van der Waals surface area contributed by atoms with Gasteiger partial charge < -0.3 is 14.2 Å². The lowest BCUT2D eigenvalue weighted by atomic mass is 10.3. The van der Waals surface area contributed by atoms with E-state index in [4.69, 9.17) is 0 Å². The highest BCUT2D eigenvalue weighted by molar-refractivity contribution is 5.62.